The van der Waals surface area contributed by atoms with Gasteiger partial charge >= 0.3 is 11.9 Å². The van der Waals surface area contributed by atoms with E-state index in [1.165, 1.54) is 12.1 Å². The van der Waals surface area contributed by atoms with Gasteiger partial charge < -0.3 is 14.4 Å². The highest BCUT2D eigenvalue weighted by atomic mass is 19.4. The van der Waals surface area contributed by atoms with Crippen LogP contribution in [0.2, 0.25) is 0 Å². The lowest BCUT2D eigenvalue weighted by atomic mass is 10.2. The van der Waals surface area contributed by atoms with Gasteiger partial charge in [0.25, 0.3) is 0 Å². The van der Waals surface area contributed by atoms with Gasteiger partial charge in [-0.2, -0.15) is 18.2 Å². The van der Waals surface area contributed by atoms with E-state index in [1.807, 2.05) is 11.9 Å². The molecule has 0 saturated carbocycles. The van der Waals surface area contributed by atoms with Crippen molar-refractivity contribution in [3.8, 4) is 17.4 Å². The van der Waals surface area contributed by atoms with Crippen molar-refractivity contribution in [1.82, 2.24) is 9.55 Å². The largest absolute Gasteiger partial charge is 0.473 e. The molecule has 3 aromatic rings. The van der Waals surface area contributed by atoms with Gasteiger partial charge in [0.15, 0.2) is 0 Å². The Kier molecular flexibility index (Phi) is 5.58. The van der Waals surface area contributed by atoms with Gasteiger partial charge in [-0.1, -0.05) is 18.2 Å². The van der Waals surface area contributed by atoms with Crippen LogP contribution < -0.4 is 20.1 Å². The second-order valence-electron chi connectivity index (χ2n) is 7.22. The third-order valence-corrected chi connectivity index (χ3v) is 4.94. The normalized spacial score (nSPS) is 13.6. The number of halogens is 3. The number of rotatable bonds is 5. The molecular weight excluding hydrogens is 411 g/mol. The second-order valence-corrected chi connectivity index (χ2v) is 7.22. The number of ether oxygens (including phenoxy) is 2. The predicted octanol–water partition coefficient (Wildman–Crippen LogP) is 4.47. The van der Waals surface area contributed by atoms with Crippen molar-refractivity contribution in [1.29, 1.82) is 0 Å². The summed E-state index contributed by atoms with van der Waals surface area (Å²) in [6, 6.07) is 13.2. The molecule has 0 amide bonds. The molecule has 0 bridgehead atoms. The van der Waals surface area contributed by atoms with E-state index < -0.39 is 11.7 Å². The molecule has 0 radical (unpaired) electrons. The number of hydrogen-bond acceptors (Lipinski definition) is 5. The van der Waals surface area contributed by atoms with Gasteiger partial charge in [0.05, 0.1) is 5.56 Å². The highest BCUT2D eigenvalue weighted by Gasteiger charge is 2.30. The standard InChI is InChI=1S/C22H20F3N3O3/c1-27-10-3-11-28-20(27)13-19(26-21(28)29)30-14-15-6-8-17(9-7-15)31-18-5-2-4-16(12-18)22(23,24)25/h2,4-9,12-13H,3,10-11,14H2,1H3. The molecule has 1 aliphatic rings. The first-order valence-corrected chi connectivity index (χ1v) is 9.69. The summed E-state index contributed by atoms with van der Waals surface area (Å²) < 4.78 is 51.3. The topological polar surface area (TPSA) is 56.6 Å². The molecule has 0 atom stereocenters. The van der Waals surface area contributed by atoms with Crippen LogP contribution in [-0.4, -0.2) is 23.1 Å². The Morgan fingerprint density at radius 3 is 2.55 bits per heavy atom. The first-order valence-electron chi connectivity index (χ1n) is 9.69. The Morgan fingerprint density at radius 1 is 1.03 bits per heavy atom. The first-order chi connectivity index (χ1) is 14.8. The predicted molar refractivity (Wildman–Crippen MR) is 109 cm³/mol. The van der Waals surface area contributed by atoms with Gasteiger partial charge in [-0.05, 0) is 42.3 Å². The summed E-state index contributed by atoms with van der Waals surface area (Å²) in [6.07, 6.45) is -3.54. The van der Waals surface area contributed by atoms with E-state index >= 15 is 0 Å². The summed E-state index contributed by atoms with van der Waals surface area (Å²) in [4.78, 5) is 18.2. The number of anilines is 1. The second kappa shape index (κ2) is 8.33. The number of fused-ring (bicyclic) bond motifs is 1. The Balaban J connectivity index is 1.41. The number of aromatic nitrogens is 2. The maximum absolute atomic E-state index is 12.8. The summed E-state index contributed by atoms with van der Waals surface area (Å²) in [5.41, 5.74) is -0.317. The zero-order chi connectivity index (χ0) is 22.0. The fourth-order valence-corrected chi connectivity index (χ4v) is 3.34. The maximum atomic E-state index is 12.8. The van der Waals surface area contributed by atoms with Gasteiger partial charge in [-0.15, -0.1) is 0 Å². The molecule has 0 fully saturated rings. The smallest absolute Gasteiger partial charge is 0.416 e. The minimum Gasteiger partial charge on any atom is -0.473 e. The van der Waals surface area contributed by atoms with Crippen molar-refractivity contribution < 1.29 is 22.6 Å². The lowest BCUT2D eigenvalue weighted by molar-refractivity contribution is -0.137. The number of nitrogens with zero attached hydrogens (tertiary/aromatic N) is 3. The SMILES string of the molecule is CN1CCCn2c1cc(OCc1ccc(Oc3cccc(C(F)(F)F)c3)cc1)nc2=O. The lowest BCUT2D eigenvalue weighted by Crippen LogP contribution is -2.36. The van der Waals surface area contributed by atoms with Gasteiger partial charge in [-0.25, -0.2) is 4.79 Å². The lowest BCUT2D eigenvalue weighted by Gasteiger charge is -2.28. The van der Waals surface area contributed by atoms with E-state index in [0.717, 1.165) is 36.5 Å². The Bertz CT molecular complexity index is 1130. The zero-order valence-electron chi connectivity index (χ0n) is 16.7. The molecule has 1 aliphatic heterocycles. The van der Waals surface area contributed by atoms with Crippen LogP contribution in [0.5, 0.6) is 17.4 Å². The average Bonchev–Trinajstić information content (AvgIpc) is 2.74. The van der Waals surface area contributed by atoms with Crippen LogP contribution in [0.4, 0.5) is 19.0 Å². The van der Waals surface area contributed by atoms with E-state index in [0.29, 0.717) is 12.3 Å². The summed E-state index contributed by atoms with van der Waals surface area (Å²) in [7, 11) is 1.91. The fourth-order valence-electron chi connectivity index (χ4n) is 3.34. The molecule has 9 heteroatoms. The third-order valence-electron chi connectivity index (χ3n) is 4.94. The quantitative estimate of drug-likeness (QED) is 0.597. The van der Waals surface area contributed by atoms with Crippen molar-refractivity contribution in [3.05, 3.63) is 76.2 Å². The van der Waals surface area contributed by atoms with Crippen molar-refractivity contribution in [2.24, 2.45) is 0 Å². The third kappa shape index (κ3) is 4.82. The number of hydrogen-bond donors (Lipinski definition) is 0. The molecule has 162 valence electrons. The Morgan fingerprint density at radius 2 is 1.81 bits per heavy atom. The highest BCUT2D eigenvalue weighted by Crippen LogP contribution is 2.32. The minimum absolute atomic E-state index is 0.0988. The minimum atomic E-state index is -4.43. The van der Waals surface area contributed by atoms with Crippen LogP contribution >= 0.6 is 0 Å². The van der Waals surface area contributed by atoms with E-state index in [2.05, 4.69) is 4.98 Å². The molecule has 0 N–H and O–H groups in total. The van der Waals surface area contributed by atoms with Crippen LogP contribution in [-0.2, 0) is 19.3 Å². The van der Waals surface area contributed by atoms with Gasteiger partial charge in [0, 0.05) is 26.2 Å². The van der Waals surface area contributed by atoms with Crippen molar-refractivity contribution in [3.63, 3.8) is 0 Å². The average molecular weight is 431 g/mol. The molecule has 0 saturated heterocycles. The monoisotopic (exact) mass is 431 g/mol. The van der Waals surface area contributed by atoms with Crippen LogP contribution in [0.15, 0.2) is 59.4 Å². The van der Waals surface area contributed by atoms with Crippen molar-refractivity contribution in [2.75, 3.05) is 18.5 Å². The number of benzene rings is 2. The number of alkyl halides is 3. The molecule has 4 rings (SSSR count). The summed E-state index contributed by atoms with van der Waals surface area (Å²) in [5, 5.41) is 0. The maximum Gasteiger partial charge on any atom is 0.416 e. The van der Waals surface area contributed by atoms with E-state index in [4.69, 9.17) is 9.47 Å². The van der Waals surface area contributed by atoms with Gasteiger partial charge in [0.2, 0.25) is 5.88 Å². The molecule has 1 aromatic heterocycles. The van der Waals surface area contributed by atoms with Crippen LogP contribution in [0.25, 0.3) is 0 Å². The van der Waals surface area contributed by atoms with Crippen LogP contribution in [0.3, 0.4) is 0 Å². The Labute approximate surface area is 176 Å². The highest BCUT2D eigenvalue weighted by molar-refractivity contribution is 5.42. The van der Waals surface area contributed by atoms with Gasteiger partial charge in [-0.3, -0.25) is 4.57 Å². The summed E-state index contributed by atoms with van der Waals surface area (Å²) in [5.74, 6) is 1.51. The Hall–Kier alpha value is -3.49. The van der Waals surface area contributed by atoms with E-state index in [-0.39, 0.29) is 23.9 Å². The molecule has 2 heterocycles. The molecule has 31 heavy (non-hydrogen) atoms. The zero-order valence-corrected chi connectivity index (χ0v) is 16.7. The molecule has 2 aromatic carbocycles. The first kappa shape index (κ1) is 20.8. The van der Waals surface area contributed by atoms with Crippen LogP contribution in [0.1, 0.15) is 17.5 Å². The summed E-state index contributed by atoms with van der Waals surface area (Å²) >= 11 is 0. The summed E-state index contributed by atoms with van der Waals surface area (Å²) in [6.45, 7) is 1.68. The van der Waals surface area contributed by atoms with Gasteiger partial charge in [0.1, 0.15) is 23.9 Å². The molecule has 0 spiro atoms. The fraction of sp³-hybridized carbons (Fsp3) is 0.273. The molecule has 0 aliphatic carbocycles. The molecule has 0 unspecified atom stereocenters. The molecular formula is C22H20F3N3O3. The van der Waals surface area contributed by atoms with E-state index in [1.54, 1.807) is 34.9 Å². The van der Waals surface area contributed by atoms with E-state index in [9.17, 15) is 18.0 Å². The van der Waals surface area contributed by atoms with Crippen molar-refractivity contribution >= 4 is 5.82 Å². The molecule has 6 nitrogen and oxygen atoms in total. The van der Waals surface area contributed by atoms with Crippen LogP contribution in [0, 0.1) is 0 Å². The van der Waals surface area contributed by atoms with Crippen molar-refractivity contribution in [2.45, 2.75) is 25.7 Å².